The van der Waals surface area contributed by atoms with Gasteiger partial charge in [-0.3, -0.25) is 0 Å². The maximum absolute atomic E-state index is 5.54. The molecule has 0 saturated heterocycles. The normalized spacial score (nSPS) is 13.4. The molecule has 1 aromatic rings. The first-order valence-electron chi connectivity index (χ1n) is 6.24. The highest BCUT2D eigenvalue weighted by molar-refractivity contribution is 5.05. The fraction of sp³-hybridized carbons (Fsp3) is 0.769. The van der Waals surface area contributed by atoms with E-state index in [0.29, 0.717) is 6.04 Å². The first kappa shape index (κ1) is 13.2. The van der Waals surface area contributed by atoms with E-state index in [1.165, 1.54) is 12.8 Å². The molecule has 0 saturated carbocycles. The summed E-state index contributed by atoms with van der Waals surface area (Å²) in [5.41, 5.74) is 0.993. The molecule has 1 heterocycles. The number of aryl methyl sites for hydroxylation is 2. The SMILES string of the molecule is CCC(CC)C(C)NCc1nc(C)c(C)o1. The van der Waals surface area contributed by atoms with Gasteiger partial charge in [-0.1, -0.05) is 26.7 Å². The van der Waals surface area contributed by atoms with Crippen LogP contribution < -0.4 is 5.32 Å². The number of nitrogens with one attached hydrogen (secondary N) is 1. The number of hydrogen-bond donors (Lipinski definition) is 1. The summed E-state index contributed by atoms with van der Waals surface area (Å²) in [5, 5.41) is 3.49. The van der Waals surface area contributed by atoms with Crippen molar-refractivity contribution in [3.63, 3.8) is 0 Å². The van der Waals surface area contributed by atoms with Gasteiger partial charge < -0.3 is 9.73 Å². The Balaban J connectivity index is 2.45. The average Bonchev–Trinajstić information content (AvgIpc) is 2.57. The van der Waals surface area contributed by atoms with Gasteiger partial charge in [-0.05, 0) is 26.7 Å². The summed E-state index contributed by atoms with van der Waals surface area (Å²) in [6.07, 6.45) is 2.43. The molecule has 3 heteroatoms. The Morgan fingerprint density at radius 3 is 2.31 bits per heavy atom. The first-order valence-corrected chi connectivity index (χ1v) is 6.24. The van der Waals surface area contributed by atoms with E-state index in [0.717, 1.165) is 29.8 Å². The lowest BCUT2D eigenvalue weighted by molar-refractivity contribution is 0.335. The maximum atomic E-state index is 5.54. The molecule has 0 spiro atoms. The van der Waals surface area contributed by atoms with Gasteiger partial charge in [-0.25, -0.2) is 4.98 Å². The third-order valence-electron chi connectivity index (χ3n) is 3.40. The van der Waals surface area contributed by atoms with E-state index in [1.807, 2.05) is 13.8 Å². The van der Waals surface area contributed by atoms with Crippen molar-refractivity contribution in [2.45, 2.75) is 60.0 Å². The minimum atomic E-state index is 0.516. The molecule has 0 fully saturated rings. The van der Waals surface area contributed by atoms with Gasteiger partial charge in [0.2, 0.25) is 5.89 Å². The van der Waals surface area contributed by atoms with Crippen LogP contribution in [-0.4, -0.2) is 11.0 Å². The highest BCUT2D eigenvalue weighted by Gasteiger charge is 2.14. The Morgan fingerprint density at radius 1 is 1.25 bits per heavy atom. The van der Waals surface area contributed by atoms with Crippen LogP contribution in [0, 0.1) is 19.8 Å². The molecule has 1 atom stereocenters. The van der Waals surface area contributed by atoms with Gasteiger partial charge in [0, 0.05) is 6.04 Å². The van der Waals surface area contributed by atoms with E-state index in [-0.39, 0.29) is 0 Å². The average molecular weight is 224 g/mol. The van der Waals surface area contributed by atoms with Gasteiger partial charge in [0.15, 0.2) is 0 Å². The predicted molar refractivity (Wildman–Crippen MR) is 66.4 cm³/mol. The van der Waals surface area contributed by atoms with Crippen LogP contribution in [0.2, 0.25) is 0 Å². The summed E-state index contributed by atoms with van der Waals surface area (Å²) in [4.78, 5) is 4.36. The molecular formula is C13H24N2O. The van der Waals surface area contributed by atoms with Gasteiger partial charge >= 0.3 is 0 Å². The van der Waals surface area contributed by atoms with Crippen LogP contribution in [-0.2, 0) is 6.54 Å². The molecule has 16 heavy (non-hydrogen) atoms. The lowest BCUT2D eigenvalue weighted by atomic mass is 9.95. The van der Waals surface area contributed by atoms with Crippen molar-refractivity contribution in [3.05, 3.63) is 17.3 Å². The molecule has 1 aromatic heterocycles. The summed E-state index contributed by atoms with van der Waals surface area (Å²) in [5.74, 6) is 2.46. The van der Waals surface area contributed by atoms with Gasteiger partial charge in [-0.15, -0.1) is 0 Å². The van der Waals surface area contributed by atoms with Crippen molar-refractivity contribution in [2.75, 3.05) is 0 Å². The van der Waals surface area contributed by atoms with E-state index in [2.05, 4.69) is 31.1 Å². The molecule has 0 aliphatic heterocycles. The highest BCUT2D eigenvalue weighted by atomic mass is 16.4. The van der Waals surface area contributed by atoms with Crippen molar-refractivity contribution in [1.29, 1.82) is 0 Å². The second-order valence-corrected chi connectivity index (χ2v) is 4.50. The lowest BCUT2D eigenvalue weighted by Crippen LogP contribution is -2.32. The Morgan fingerprint density at radius 2 is 1.88 bits per heavy atom. The Kier molecular flexibility index (Phi) is 5.00. The van der Waals surface area contributed by atoms with Crippen molar-refractivity contribution in [3.8, 4) is 0 Å². The molecule has 0 aliphatic rings. The van der Waals surface area contributed by atoms with Gasteiger partial charge in [-0.2, -0.15) is 0 Å². The summed E-state index contributed by atoms with van der Waals surface area (Å²) >= 11 is 0. The summed E-state index contributed by atoms with van der Waals surface area (Å²) in [7, 11) is 0. The largest absolute Gasteiger partial charge is 0.444 e. The van der Waals surface area contributed by atoms with Crippen molar-refractivity contribution in [2.24, 2.45) is 5.92 Å². The van der Waals surface area contributed by atoms with Crippen LogP contribution >= 0.6 is 0 Å². The molecule has 0 aliphatic carbocycles. The second-order valence-electron chi connectivity index (χ2n) is 4.50. The van der Waals surface area contributed by atoms with E-state index in [4.69, 9.17) is 4.42 Å². The van der Waals surface area contributed by atoms with Gasteiger partial charge in [0.25, 0.3) is 0 Å². The smallest absolute Gasteiger partial charge is 0.208 e. The summed E-state index contributed by atoms with van der Waals surface area (Å²) in [6.45, 7) is 11.4. The highest BCUT2D eigenvalue weighted by Crippen LogP contribution is 2.14. The lowest BCUT2D eigenvalue weighted by Gasteiger charge is -2.21. The molecule has 1 unspecified atom stereocenters. The number of rotatable bonds is 6. The number of aromatic nitrogens is 1. The van der Waals surface area contributed by atoms with Crippen LogP contribution in [0.4, 0.5) is 0 Å². The summed E-state index contributed by atoms with van der Waals surface area (Å²) in [6, 6.07) is 0.516. The van der Waals surface area contributed by atoms with Crippen LogP contribution in [0.1, 0.15) is 51.0 Å². The van der Waals surface area contributed by atoms with Crippen molar-refractivity contribution < 1.29 is 4.42 Å². The number of hydrogen-bond acceptors (Lipinski definition) is 3. The monoisotopic (exact) mass is 224 g/mol. The molecule has 1 N–H and O–H groups in total. The zero-order chi connectivity index (χ0) is 12.1. The summed E-state index contributed by atoms with van der Waals surface area (Å²) < 4.78 is 5.54. The zero-order valence-corrected chi connectivity index (χ0v) is 11.1. The fourth-order valence-electron chi connectivity index (χ4n) is 2.03. The maximum Gasteiger partial charge on any atom is 0.208 e. The molecular weight excluding hydrogens is 200 g/mol. The third-order valence-corrected chi connectivity index (χ3v) is 3.40. The Bertz CT molecular complexity index is 296. The quantitative estimate of drug-likeness (QED) is 0.806. The van der Waals surface area contributed by atoms with Crippen LogP contribution in [0.25, 0.3) is 0 Å². The fourth-order valence-corrected chi connectivity index (χ4v) is 2.03. The zero-order valence-electron chi connectivity index (χ0n) is 11.1. The van der Waals surface area contributed by atoms with E-state index in [1.54, 1.807) is 0 Å². The minimum absolute atomic E-state index is 0.516. The third kappa shape index (κ3) is 3.34. The molecule has 3 nitrogen and oxygen atoms in total. The molecule has 0 amide bonds. The number of nitrogens with zero attached hydrogens (tertiary/aromatic N) is 1. The van der Waals surface area contributed by atoms with E-state index in [9.17, 15) is 0 Å². The van der Waals surface area contributed by atoms with Crippen LogP contribution in [0.15, 0.2) is 4.42 Å². The molecule has 0 aromatic carbocycles. The van der Waals surface area contributed by atoms with Gasteiger partial charge in [0.05, 0.1) is 12.2 Å². The Hall–Kier alpha value is -0.830. The van der Waals surface area contributed by atoms with E-state index >= 15 is 0 Å². The van der Waals surface area contributed by atoms with Crippen LogP contribution in [0.3, 0.4) is 0 Å². The second kappa shape index (κ2) is 6.04. The topological polar surface area (TPSA) is 38.1 Å². The number of oxazole rings is 1. The predicted octanol–water partition coefficient (Wildman–Crippen LogP) is 3.21. The molecule has 92 valence electrons. The Labute approximate surface area is 98.6 Å². The van der Waals surface area contributed by atoms with E-state index < -0.39 is 0 Å². The van der Waals surface area contributed by atoms with Gasteiger partial charge in [0.1, 0.15) is 5.76 Å². The minimum Gasteiger partial charge on any atom is -0.444 e. The standard InChI is InChI=1S/C13H24N2O/c1-6-12(7-2)10(4)14-8-13-15-9(3)11(5)16-13/h10,12,14H,6-8H2,1-5H3. The van der Waals surface area contributed by atoms with Crippen molar-refractivity contribution >= 4 is 0 Å². The molecule has 0 bridgehead atoms. The molecule has 0 radical (unpaired) electrons. The van der Waals surface area contributed by atoms with Crippen molar-refractivity contribution in [1.82, 2.24) is 10.3 Å². The van der Waals surface area contributed by atoms with Crippen LogP contribution in [0.5, 0.6) is 0 Å². The first-order chi connectivity index (χ1) is 7.58. The molecule has 1 rings (SSSR count).